The summed E-state index contributed by atoms with van der Waals surface area (Å²) in [5.41, 5.74) is 0. The van der Waals surface area contributed by atoms with E-state index in [1.807, 2.05) is 0 Å². The lowest BCUT2D eigenvalue weighted by Crippen LogP contribution is -2.60. The van der Waals surface area contributed by atoms with E-state index in [2.05, 4.69) is 42.3 Å². The average molecular weight is 961 g/mol. The van der Waals surface area contributed by atoms with Crippen molar-refractivity contribution in [2.75, 3.05) is 26.4 Å². The van der Waals surface area contributed by atoms with Gasteiger partial charge in [0, 0.05) is 13.0 Å². The summed E-state index contributed by atoms with van der Waals surface area (Å²) in [6.07, 6.45) is 43.7. The lowest BCUT2D eigenvalue weighted by atomic mass is 9.99. The molecule has 0 amide bonds. The number of aliphatic hydroxyl groups excluding tert-OH is 3. The van der Waals surface area contributed by atoms with E-state index in [1.165, 1.54) is 154 Å². The number of hydrogen-bond donors (Lipinski definition) is 4. The lowest BCUT2D eigenvalue weighted by Gasteiger charge is -2.41. The number of aliphatic hydroxyl groups is 3. The van der Waals surface area contributed by atoms with E-state index >= 15 is 0 Å². The Bertz CT molecular complexity index is 1250. The van der Waals surface area contributed by atoms with Gasteiger partial charge in [0.05, 0.1) is 19.8 Å². The molecule has 1 aliphatic heterocycles. The number of unbranched alkanes of at least 4 members (excludes halogenated alkanes) is 31. The molecule has 1 rings (SSSR count). The van der Waals surface area contributed by atoms with E-state index in [0.29, 0.717) is 13.0 Å². The summed E-state index contributed by atoms with van der Waals surface area (Å²) in [6, 6.07) is 0. The molecule has 1 heterocycles. The van der Waals surface area contributed by atoms with E-state index in [0.717, 1.165) is 64.2 Å². The SMILES string of the molecule is CCC/C=C\C/C=C\CCCCCCCCOCC(COC1OC(CO)C(O)C(OS(=O)(=O)O)C1O)OC(=O)CCCCCCCCCCCCCCCCCCCCCCCCCCC. The first-order chi connectivity index (χ1) is 32.1. The molecule has 0 aromatic heterocycles. The second kappa shape index (κ2) is 44.8. The van der Waals surface area contributed by atoms with Gasteiger partial charge in [-0.25, -0.2) is 4.18 Å². The summed E-state index contributed by atoms with van der Waals surface area (Å²) in [4.78, 5) is 12.9. The van der Waals surface area contributed by atoms with Crippen molar-refractivity contribution in [3.63, 3.8) is 0 Å². The van der Waals surface area contributed by atoms with Gasteiger partial charge in [0.15, 0.2) is 6.29 Å². The molecule has 66 heavy (non-hydrogen) atoms. The Morgan fingerprint density at radius 2 is 1.03 bits per heavy atom. The maximum absolute atomic E-state index is 12.9. The van der Waals surface area contributed by atoms with Crippen LogP contribution in [0.25, 0.3) is 0 Å². The number of hydrogen-bond acceptors (Lipinski definition) is 11. The van der Waals surface area contributed by atoms with Crippen LogP contribution in [0.1, 0.15) is 245 Å². The topological polar surface area (TPSA) is 178 Å². The predicted octanol–water partition coefficient (Wildman–Crippen LogP) is 12.8. The largest absolute Gasteiger partial charge is 0.457 e. The number of carbonyl (C=O) groups excluding carboxylic acids is 1. The Morgan fingerprint density at radius 3 is 1.50 bits per heavy atom. The zero-order chi connectivity index (χ0) is 48.2. The van der Waals surface area contributed by atoms with Crippen molar-refractivity contribution in [3.05, 3.63) is 24.3 Å². The fourth-order valence-electron chi connectivity index (χ4n) is 8.48. The molecule has 0 saturated carbocycles. The molecule has 12 nitrogen and oxygen atoms in total. The summed E-state index contributed by atoms with van der Waals surface area (Å²) >= 11 is 0. The third kappa shape index (κ3) is 37.5. The minimum atomic E-state index is -5.06. The molecule has 6 atom stereocenters. The molecule has 390 valence electrons. The van der Waals surface area contributed by atoms with Crippen LogP contribution >= 0.6 is 0 Å². The molecule has 0 aromatic carbocycles. The van der Waals surface area contributed by atoms with Gasteiger partial charge in [0.1, 0.15) is 30.5 Å². The molecular weight excluding hydrogens is 861 g/mol. The van der Waals surface area contributed by atoms with Crippen molar-refractivity contribution >= 4 is 16.4 Å². The van der Waals surface area contributed by atoms with Crippen LogP contribution in [0.15, 0.2) is 24.3 Å². The Morgan fingerprint density at radius 1 is 0.576 bits per heavy atom. The zero-order valence-corrected chi connectivity index (χ0v) is 42.8. The molecule has 1 aliphatic rings. The van der Waals surface area contributed by atoms with E-state index in [4.69, 9.17) is 18.9 Å². The highest BCUT2D eigenvalue weighted by molar-refractivity contribution is 7.80. The Hall–Kier alpha value is -1.42. The lowest BCUT2D eigenvalue weighted by molar-refractivity contribution is -0.301. The first-order valence-corrected chi connectivity index (χ1v) is 28.5. The van der Waals surface area contributed by atoms with Crippen LogP contribution < -0.4 is 0 Å². The number of ether oxygens (including phenoxy) is 4. The van der Waals surface area contributed by atoms with E-state index in [9.17, 15) is 33.1 Å². The minimum Gasteiger partial charge on any atom is -0.457 e. The summed E-state index contributed by atoms with van der Waals surface area (Å²) < 4.78 is 59.3. The normalized spacial score (nSPS) is 19.6. The van der Waals surface area contributed by atoms with Gasteiger partial charge < -0.3 is 34.3 Å². The summed E-state index contributed by atoms with van der Waals surface area (Å²) in [6.45, 7) is 3.95. The van der Waals surface area contributed by atoms with Gasteiger partial charge in [-0.1, -0.05) is 224 Å². The highest BCUT2D eigenvalue weighted by atomic mass is 32.3. The second-order valence-electron chi connectivity index (χ2n) is 18.8. The molecule has 1 saturated heterocycles. The quantitative estimate of drug-likeness (QED) is 0.0197. The van der Waals surface area contributed by atoms with Gasteiger partial charge >= 0.3 is 16.4 Å². The van der Waals surface area contributed by atoms with Crippen molar-refractivity contribution in [1.82, 2.24) is 0 Å². The molecule has 13 heteroatoms. The van der Waals surface area contributed by atoms with Crippen molar-refractivity contribution in [2.45, 2.75) is 282 Å². The molecule has 1 fully saturated rings. The maximum atomic E-state index is 12.9. The Balaban J connectivity index is 2.28. The van der Waals surface area contributed by atoms with Gasteiger partial charge in [-0.15, -0.1) is 0 Å². The van der Waals surface area contributed by atoms with Crippen LogP contribution in [0.3, 0.4) is 0 Å². The number of allylic oxidation sites excluding steroid dienone is 4. The molecule has 0 radical (unpaired) electrons. The van der Waals surface area contributed by atoms with Crippen LogP contribution in [-0.2, 0) is 38.3 Å². The molecule has 6 unspecified atom stereocenters. The fraction of sp³-hybridized carbons (Fsp3) is 0.906. The van der Waals surface area contributed by atoms with E-state index in [1.54, 1.807) is 0 Å². The summed E-state index contributed by atoms with van der Waals surface area (Å²) in [5, 5.41) is 30.8. The fourth-order valence-corrected chi connectivity index (χ4v) is 8.99. The smallest absolute Gasteiger partial charge is 0.397 e. The molecule has 4 N–H and O–H groups in total. The van der Waals surface area contributed by atoms with Gasteiger partial charge in [0.2, 0.25) is 0 Å². The standard InChI is InChI=1S/C53H100O12S/c1-3-5-7-9-11-13-15-17-19-20-21-22-23-24-25-26-27-28-29-30-32-34-36-38-40-42-49(55)63-47(45-61-43-41-39-37-35-33-31-18-16-14-12-10-8-6-4-2)46-62-53-51(57)52(65-66(58,59)60)50(56)48(44-54)64-53/h8,10,14,16,47-48,50-54,56-57H,3-7,9,11-13,15,17-46H2,1-2H3,(H,58,59,60)/b10-8-,16-14-. The molecule has 0 bridgehead atoms. The minimum absolute atomic E-state index is 0.0327. The van der Waals surface area contributed by atoms with E-state index < -0.39 is 59.8 Å². The molecule has 0 spiro atoms. The van der Waals surface area contributed by atoms with E-state index in [-0.39, 0.29) is 19.6 Å². The molecule has 0 aliphatic carbocycles. The first-order valence-electron chi connectivity index (χ1n) is 27.1. The monoisotopic (exact) mass is 961 g/mol. The highest BCUT2D eigenvalue weighted by Crippen LogP contribution is 2.26. The van der Waals surface area contributed by atoms with Crippen LogP contribution in [0.4, 0.5) is 0 Å². The number of rotatable bonds is 48. The first kappa shape index (κ1) is 62.6. The van der Waals surface area contributed by atoms with Crippen LogP contribution in [-0.4, -0.2) is 97.5 Å². The van der Waals surface area contributed by atoms with Crippen molar-refractivity contribution in [2.24, 2.45) is 0 Å². The highest BCUT2D eigenvalue weighted by Gasteiger charge is 2.48. The maximum Gasteiger partial charge on any atom is 0.397 e. The van der Waals surface area contributed by atoms with Crippen LogP contribution in [0, 0.1) is 0 Å². The zero-order valence-electron chi connectivity index (χ0n) is 42.0. The van der Waals surface area contributed by atoms with Gasteiger partial charge in [-0.2, -0.15) is 8.42 Å². The summed E-state index contributed by atoms with van der Waals surface area (Å²) in [7, 11) is -5.06. The second-order valence-corrected chi connectivity index (χ2v) is 19.9. The Kier molecular flexibility index (Phi) is 42.5. The average Bonchev–Trinajstić information content (AvgIpc) is 3.29. The third-order valence-corrected chi connectivity index (χ3v) is 13.0. The number of esters is 1. The number of carbonyl (C=O) groups is 1. The van der Waals surface area contributed by atoms with Gasteiger partial charge in [-0.3, -0.25) is 9.35 Å². The van der Waals surface area contributed by atoms with Crippen molar-refractivity contribution in [3.8, 4) is 0 Å². The molecular formula is C53H100O12S. The summed E-state index contributed by atoms with van der Waals surface area (Å²) in [5.74, 6) is -0.398. The molecule has 0 aromatic rings. The van der Waals surface area contributed by atoms with Gasteiger partial charge in [0.25, 0.3) is 0 Å². The van der Waals surface area contributed by atoms with Crippen molar-refractivity contribution in [1.29, 1.82) is 0 Å². The third-order valence-electron chi connectivity index (χ3n) is 12.6. The van der Waals surface area contributed by atoms with Gasteiger partial charge in [-0.05, 0) is 38.5 Å². The Labute approximate surface area is 403 Å². The van der Waals surface area contributed by atoms with Crippen molar-refractivity contribution < 1.29 is 56.2 Å². The predicted molar refractivity (Wildman–Crippen MR) is 267 cm³/mol. The van der Waals surface area contributed by atoms with Crippen LogP contribution in [0.2, 0.25) is 0 Å². The van der Waals surface area contributed by atoms with Crippen LogP contribution in [0.5, 0.6) is 0 Å².